The first kappa shape index (κ1) is 18.0. The highest BCUT2D eigenvalue weighted by Crippen LogP contribution is 2.33. The van der Waals surface area contributed by atoms with Crippen LogP contribution in [0, 0.1) is 6.92 Å². The molecule has 0 fully saturated rings. The first-order valence-electron chi connectivity index (χ1n) is 7.96. The third-order valence-corrected chi connectivity index (χ3v) is 4.84. The number of hydrogen-bond acceptors (Lipinski definition) is 5. The Labute approximate surface area is 156 Å². The van der Waals surface area contributed by atoms with Crippen molar-refractivity contribution in [2.75, 3.05) is 26.6 Å². The lowest BCUT2D eigenvalue weighted by atomic mass is 10.2. The second kappa shape index (κ2) is 8.08. The van der Waals surface area contributed by atoms with Crippen molar-refractivity contribution >= 4 is 34.6 Å². The topological polar surface area (TPSA) is 49.2 Å². The van der Waals surface area contributed by atoms with Gasteiger partial charge in [-0.15, -0.1) is 0 Å². The van der Waals surface area contributed by atoms with E-state index in [1.807, 2.05) is 37.4 Å². The Bertz CT molecular complexity index is 882. The molecule has 0 spiro atoms. The summed E-state index contributed by atoms with van der Waals surface area (Å²) in [5.74, 6) is 1.61. The second-order valence-electron chi connectivity index (χ2n) is 5.52. The van der Waals surface area contributed by atoms with E-state index in [-0.39, 0.29) is 0 Å². The minimum Gasteiger partial charge on any atom is -0.493 e. The van der Waals surface area contributed by atoms with Crippen molar-refractivity contribution in [2.45, 2.75) is 13.3 Å². The van der Waals surface area contributed by atoms with Crippen LogP contribution in [0.5, 0.6) is 5.75 Å². The fraction of sp³-hybridized carbons (Fsp3) is 0.333. The Hall–Kier alpha value is -1.76. The summed E-state index contributed by atoms with van der Waals surface area (Å²) in [6.07, 6.45) is 4.61. The van der Waals surface area contributed by atoms with E-state index < -0.39 is 0 Å². The standard InChI is InChI=1S/C18H20ClN3O2S/c1-12-16(24-10-4-9-23-2)7-8-20-17(12)18-21-14-11-13(19)5-6-15(14)22(18)25-3/h5-8,11H,4,9-10H2,1-3H3. The Morgan fingerprint density at radius 3 is 2.84 bits per heavy atom. The minimum atomic E-state index is 0.604. The maximum Gasteiger partial charge on any atom is 0.170 e. The molecule has 1 aromatic carbocycles. The zero-order valence-electron chi connectivity index (χ0n) is 14.5. The molecule has 7 heteroatoms. The molecule has 25 heavy (non-hydrogen) atoms. The molecule has 132 valence electrons. The largest absolute Gasteiger partial charge is 0.493 e. The van der Waals surface area contributed by atoms with E-state index >= 15 is 0 Å². The molecule has 0 atom stereocenters. The molecule has 0 unspecified atom stereocenters. The molecule has 0 saturated carbocycles. The summed E-state index contributed by atoms with van der Waals surface area (Å²) in [7, 11) is 1.69. The highest BCUT2D eigenvalue weighted by molar-refractivity contribution is 7.97. The number of nitrogens with zero attached hydrogens (tertiary/aromatic N) is 3. The first-order chi connectivity index (χ1) is 12.2. The second-order valence-corrected chi connectivity index (χ2v) is 6.69. The predicted molar refractivity (Wildman–Crippen MR) is 104 cm³/mol. The van der Waals surface area contributed by atoms with Crippen molar-refractivity contribution < 1.29 is 9.47 Å². The maximum absolute atomic E-state index is 6.11. The van der Waals surface area contributed by atoms with Crippen LogP contribution in [0.2, 0.25) is 5.02 Å². The van der Waals surface area contributed by atoms with E-state index in [2.05, 4.69) is 8.96 Å². The van der Waals surface area contributed by atoms with Crippen LogP contribution in [0.15, 0.2) is 30.5 Å². The van der Waals surface area contributed by atoms with E-state index in [1.54, 1.807) is 25.3 Å². The molecule has 0 bridgehead atoms. The van der Waals surface area contributed by atoms with E-state index in [9.17, 15) is 0 Å². The number of imidazole rings is 1. The molecule has 0 aliphatic carbocycles. The average Bonchev–Trinajstić information content (AvgIpc) is 2.97. The molecular formula is C18H20ClN3O2S. The van der Waals surface area contributed by atoms with Crippen molar-refractivity contribution in [2.24, 2.45) is 0 Å². The molecule has 0 N–H and O–H groups in total. The third-order valence-electron chi connectivity index (χ3n) is 3.87. The van der Waals surface area contributed by atoms with Crippen molar-refractivity contribution in [3.63, 3.8) is 0 Å². The number of aromatic nitrogens is 3. The van der Waals surface area contributed by atoms with Gasteiger partial charge < -0.3 is 9.47 Å². The van der Waals surface area contributed by atoms with Gasteiger partial charge in [0.2, 0.25) is 0 Å². The van der Waals surface area contributed by atoms with Crippen LogP contribution in [-0.2, 0) is 4.74 Å². The molecule has 0 aliphatic heterocycles. The van der Waals surface area contributed by atoms with E-state index in [1.165, 1.54) is 0 Å². The molecule has 2 aromatic heterocycles. The van der Waals surface area contributed by atoms with Crippen LogP contribution in [-0.4, -0.2) is 40.5 Å². The number of pyridine rings is 1. The molecule has 2 heterocycles. The summed E-state index contributed by atoms with van der Waals surface area (Å²) in [6.45, 7) is 3.29. The quantitative estimate of drug-likeness (QED) is 0.563. The molecule has 0 amide bonds. The zero-order valence-corrected chi connectivity index (χ0v) is 16.0. The van der Waals surface area contributed by atoms with Gasteiger partial charge in [0.25, 0.3) is 0 Å². The number of hydrogen-bond donors (Lipinski definition) is 0. The molecular weight excluding hydrogens is 358 g/mol. The van der Waals surface area contributed by atoms with Crippen LogP contribution >= 0.6 is 23.5 Å². The van der Waals surface area contributed by atoms with E-state index in [0.29, 0.717) is 18.2 Å². The number of ether oxygens (including phenoxy) is 2. The van der Waals surface area contributed by atoms with Crippen molar-refractivity contribution in [3.8, 4) is 17.3 Å². The molecule has 3 aromatic rings. The highest BCUT2D eigenvalue weighted by atomic mass is 35.5. The number of rotatable bonds is 7. The summed E-state index contributed by atoms with van der Waals surface area (Å²) in [5, 5.41) is 0.671. The normalized spacial score (nSPS) is 11.2. The minimum absolute atomic E-state index is 0.604. The Morgan fingerprint density at radius 1 is 1.24 bits per heavy atom. The third kappa shape index (κ3) is 3.76. The van der Waals surface area contributed by atoms with Crippen molar-refractivity contribution in [3.05, 3.63) is 41.0 Å². The lowest BCUT2D eigenvalue weighted by Crippen LogP contribution is -2.04. The molecule has 0 aliphatic rings. The summed E-state index contributed by atoms with van der Waals surface area (Å²) in [6, 6.07) is 7.60. The predicted octanol–water partition coefficient (Wildman–Crippen LogP) is 4.60. The van der Waals surface area contributed by atoms with Crippen molar-refractivity contribution in [1.29, 1.82) is 0 Å². The molecule has 0 radical (unpaired) electrons. The average molecular weight is 378 g/mol. The lowest BCUT2D eigenvalue weighted by Gasteiger charge is -2.12. The Kier molecular flexibility index (Phi) is 5.83. The fourth-order valence-electron chi connectivity index (χ4n) is 2.65. The number of benzene rings is 1. The zero-order chi connectivity index (χ0) is 17.8. The Balaban J connectivity index is 2.00. The smallest absolute Gasteiger partial charge is 0.170 e. The van der Waals surface area contributed by atoms with Gasteiger partial charge in [-0.25, -0.2) is 4.98 Å². The SMILES string of the molecule is COCCCOc1ccnc(-c2nc3cc(Cl)ccc3n2SC)c1C. The Morgan fingerprint density at radius 2 is 2.08 bits per heavy atom. The van der Waals surface area contributed by atoms with Gasteiger partial charge in [0.1, 0.15) is 11.4 Å². The molecule has 5 nitrogen and oxygen atoms in total. The summed E-state index contributed by atoms with van der Waals surface area (Å²) in [5.41, 5.74) is 3.64. The van der Waals surface area contributed by atoms with Gasteiger partial charge >= 0.3 is 0 Å². The summed E-state index contributed by atoms with van der Waals surface area (Å²) in [4.78, 5) is 9.29. The maximum atomic E-state index is 6.11. The van der Waals surface area contributed by atoms with Crippen LogP contribution in [0.25, 0.3) is 22.6 Å². The lowest BCUT2D eigenvalue weighted by molar-refractivity contribution is 0.172. The van der Waals surface area contributed by atoms with Gasteiger partial charge in [-0.2, -0.15) is 0 Å². The van der Waals surface area contributed by atoms with Gasteiger partial charge in [-0.1, -0.05) is 11.6 Å². The monoisotopic (exact) mass is 377 g/mol. The van der Waals surface area contributed by atoms with Crippen LogP contribution in [0.3, 0.4) is 0 Å². The van der Waals surface area contributed by atoms with Crippen LogP contribution < -0.4 is 4.74 Å². The molecule has 3 rings (SSSR count). The van der Waals surface area contributed by atoms with Crippen molar-refractivity contribution in [1.82, 2.24) is 13.9 Å². The van der Waals surface area contributed by atoms with Crippen LogP contribution in [0.1, 0.15) is 12.0 Å². The first-order valence-corrected chi connectivity index (χ1v) is 9.52. The highest BCUT2D eigenvalue weighted by Gasteiger charge is 2.17. The number of halogens is 1. The summed E-state index contributed by atoms with van der Waals surface area (Å²) >= 11 is 7.69. The number of fused-ring (bicyclic) bond motifs is 1. The van der Waals surface area contributed by atoms with Gasteiger partial charge in [0, 0.05) is 43.2 Å². The van der Waals surface area contributed by atoms with E-state index in [4.69, 9.17) is 26.1 Å². The summed E-state index contributed by atoms with van der Waals surface area (Å²) < 4.78 is 13.0. The van der Waals surface area contributed by atoms with E-state index in [0.717, 1.165) is 40.3 Å². The van der Waals surface area contributed by atoms with Crippen LogP contribution in [0.4, 0.5) is 0 Å². The van der Waals surface area contributed by atoms with Gasteiger partial charge in [0.15, 0.2) is 5.82 Å². The molecule has 0 saturated heterocycles. The van der Waals surface area contributed by atoms with Gasteiger partial charge in [0.05, 0.1) is 17.6 Å². The fourth-order valence-corrected chi connectivity index (χ4v) is 3.47. The van der Waals surface area contributed by atoms with Gasteiger partial charge in [-0.3, -0.25) is 8.96 Å². The van der Waals surface area contributed by atoms with Gasteiger partial charge in [-0.05, 0) is 43.1 Å². The number of methoxy groups -OCH3 is 1.